The highest BCUT2D eigenvalue weighted by Crippen LogP contribution is 2.20. The largest absolute Gasteiger partial charge is 0.465 e. The standard InChI is InChI=1S/C12H18N2O5S/c1-3-9(7-15)14-20(17,18)11-6-8(13)4-5-10(11)12(16)19-2/h4-6,9,14-15H,3,7,13H2,1-2H3/t9-/m0/s1. The van der Waals surface area contributed by atoms with E-state index < -0.39 is 22.0 Å². The van der Waals surface area contributed by atoms with Crippen LogP contribution in [0, 0.1) is 0 Å². The quantitative estimate of drug-likeness (QED) is 0.507. The fourth-order valence-electron chi connectivity index (χ4n) is 1.57. The molecule has 1 aromatic rings. The van der Waals surface area contributed by atoms with Gasteiger partial charge in [0.05, 0.1) is 24.2 Å². The molecule has 0 aliphatic heterocycles. The molecule has 0 fully saturated rings. The van der Waals surface area contributed by atoms with Crippen molar-refractivity contribution in [2.75, 3.05) is 19.5 Å². The fourth-order valence-corrected chi connectivity index (χ4v) is 3.11. The van der Waals surface area contributed by atoms with Gasteiger partial charge in [-0.1, -0.05) is 6.92 Å². The molecule has 0 heterocycles. The molecular weight excluding hydrogens is 284 g/mol. The molecule has 8 heteroatoms. The highest BCUT2D eigenvalue weighted by molar-refractivity contribution is 7.89. The number of methoxy groups -OCH3 is 1. The molecule has 0 amide bonds. The molecule has 1 atom stereocenters. The highest BCUT2D eigenvalue weighted by atomic mass is 32.2. The van der Waals surface area contributed by atoms with E-state index in [0.717, 1.165) is 7.11 Å². The smallest absolute Gasteiger partial charge is 0.339 e. The zero-order valence-electron chi connectivity index (χ0n) is 11.3. The maximum Gasteiger partial charge on any atom is 0.339 e. The number of anilines is 1. The lowest BCUT2D eigenvalue weighted by molar-refractivity contribution is 0.0596. The second kappa shape index (κ2) is 6.69. The Morgan fingerprint density at radius 3 is 2.65 bits per heavy atom. The monoisotopic (exact) mass is 302 g/mol. The molecule has 20 heavy (non-hydrogen) atoms. The van der Waals surface area contributed by atoms with Crippen molar-refractivity contribution in [2.24, 2.45) is 0 Å². The molecule has 0 bridgehead atoms. The number of benzene rings is 1. The van der Waals surface area contributed by atoms with Gasteiger partial charge in [0, 0.05) is 11.7 Å². The molecule has 0 unspecified atom stereocenters. The minimum Gasteiger partial charge on any atom is -0.465 e. The molecule has 7 nitrogen and oxygen atoms in total. The second-order valence-electron chi connectivity index (χ2n) is 4.16. The number of carbonyl (C=O) groups is 1. The topological polar surface area (TPSA) is 119 Å². The molecule has 0 aliphatic carbocycles. The highest BCUT2D eigenvalue weighted by Gasteiger charge is 2.25. The predicted molar refractivity (Wildman–Crippen MR) is 73.7 cm³/mol. The molecule has 0 aromatic heterocycles. The summed E-state index contributed by atoms with van der Waals surface area (Å²) in [7, 11) is -2.82. The summed E-state index contributed by atoms with van der Waals surface area (Å²) in [6.45, 7) is 1.38. The van der Waals surface area contributed by atoms with Crippen molar-refractivity contribution >= 4 is 21.7 Å². The molecule has 0 saturated carbocycles. The van der Waals surface area contributed by atoms with E-state index in [-0.39, 0.29) is 22.8 Å². The average Bonchev–Trinajstić information content (AvgIpc) is 2.43. The zero-order chi connectivity index (χ0) is 15.3. The van der Waals surface area contributed by atoms with Gasteiger partial charge in [0.25, 0.3) is 0 Å². The number of sulfonamides is 1. The lowest BCUT2D eigenvalue weighted by Gasteiger charge is -2.16. The summed E-state index contributed by atoms with van der Waals surface area (Å²) in [5.74, 6) is -0.776. The number of carbonyl (C=O) groups excluding carboxylic acids is 1. The van der Waals surface area contributed by atoms with Crippen LogP contribution in [0.4, 0.5) is 5.69 Å². The van der Waals surface area contributed by atoms with Crippen LogP contribution in [-0.4, -0.2) is 39.3 Å². The van der Waals surface area contributed by atoms with Crippen molar-refractivity contribution < 1.29 is 23.1 Å². The van der Waals surface area contributed by atoms with Crippen LogP contribution < -0.4 is 10.5 Å². The Kier molecular flexibility index (Phi) is 5.49. The first kappa shape index (κ1) is 16.4. The number of aliphatic hydroxyl groups is 1. The van der Waals surface area contributed by atoms with Gasteiger partial charge in [0.15, 0.2) is 0 Å². The van der Waals surface area contributed by atoms with Crippen LogP contribution >= 0.6 is 0 Å². The number of nitrogens with one attached hydrogen (secondary N) is 1. The van der Waals surface area contributed by atoms with Gasteiger partial charge in [-0.05, 0) is 24.6 Å². The van der Waals surface area contributed by atoms with Gasteiger partial charge in [-0.3, -0.25) is 0 Å². The number of hydrogen-bond acceptors (Lipinski definition) is 6. The number of nitrogens with two attached hydrogens (primary N) is 1. The third-order valence-electron chi connectivity index (χ3n) is 2.74. The van der Waals surface area contributed by atoms with E-state index in [0.29, 0.717) is 6.42 Å². The van der Waals surface area contributed by atoms with E-state index in [1.54, 1.807) is 6.92 Å². The number of nitrogen functional groups attached to an aromatic ring is 1. The van der Waals surface area contributed by atoms with Crippen LogP contribution in [0.5, 0.6) is 0 Å². The van der Waals surface area contributed by atoms with E-state index >= 15 is 0 Å². The predicted octanol–water partition coefficient (Wildman–Crippen LogP) is 0.105. The molecule has 1 aromatic carbocycles. The maximum atomic E-state index is 12.3. The molecular formula is C12H18N2O5S. The molecule has 0 aliphatic rings. The van der Waals surface area contributed by atoms with E-state index in [1.165, 1.54) is 18.2 Å². The lowest BCUT2D eigenvalue weighted by Crippen LogP contribution is -2.37. The van der Waals surface area contributed by atoms with Crippen LogP contribution in [0.25, 0.3) is 0 Å². The summed E-state index contributed by atoms with van der Waals surface area (Å²) in [6.07, 6.45) is 0.408. The van der Waals surface area contributed by atoms with Crippen molar-refractivity contribution in [1.82, 2.24) is 4.72 Å². The Hall–Kier alpha value is -1.64. The summed E-state index contributed by atoms with van der Waals surface area (Å²) in [6, 6.07) is 3.25. The van der Waals surface area contributed by atoms with Gasteiger partial charge in [-0.15, -0.1) is 0 Å². The first-order valence-corrected chi connectivity index (χ1v) is 7.45. The molecule has 0 spiro atoms. The number of esters is 1. The van der Waals surface area contributed by atoms with Gasteiger partial charge in [-0.2, -0.15) is 0 Å². The third-order valence-corrected chi connectivity index (χ3v) is 4.30. The van der Waals surface area contributed by atoms with Gasteiger partial charge in [0.2, 0.25) is 10.0 Å². The summed E-state index contributed by atoms with van der Waals surface area (Å²) < 4.78 is 31.4. The molecule has 112 valence electrons. The van der Waals surface area contributed by atoms with Crippen molar-refractivity contribution in [1.29, 1.82) is 0 Å². The molecule has 1 rings (SSSR count). The maximum absolute atomic E-state index is 12.3. The number of ether oxygens (including phenoxy) is 1. The second-order valence-corrected chi connectivity index (χ2v) is 5.84. The Balaban J connectivity index is 3.29. The zero-order valence-corrected chi connectivity index (χ0v) is 12.1. The molecule has 4 N–H and O–H groups in total. The Morgan fingerprint density at radius 1 is 1.50 bits per heavy atom. The van der Waals surface area contributed by atoms with E-state index in [1.807, 2.05) is 0 Å². The van der Waals surface area contributed by atoms with Crippen LogP contribution in [0.2, 0.25) is 0 Å². The number of rotatable bonds is 6. The number of aliphatic hydroxyl groups excluding tert-OH is 1. The third kappa shape index (κ3) is 3.69. The molecule has 0 saturated heterocycles. The SMILES string of the molecule is CC[C@@H](CO)NS(=O)(=O)c1cc(N)ccc1C(=O)OC. The normalized spacial score (nSPS) is 12.9. The van der Waals surface area contributed by atoms with Crippen molar-refractivity contribution in [2.45, 2.75) is 24.3 Å². The lowest BCUT2D eigenvalue weighted by atomic mass is 10.2. The van der Waals surface area contributed by atoms with Gasteiger partial charge in [0.1, 0.15) is 0 Å². The average molecular weight is 302 g/mol. The van der Waals surface area contributed by atoms with Crippen LogP contribution in [0.3, 0.4) is 0 Å². The number of hydrogen-bond donors (Lipinski definition) is 3. The van der Waals surface area contributed by atoms with Crippen molar-refractivity contribution in [3.63, 3.8) is 0 Å². The van der Waals surface area contributed by atoms with E-state index in [9.17, 15) is 13.2 Å². The summed E-state index contributed by atoms with van der Waals surface area (Å²) in [4.78, 5) is 11.3. The van der Waals surface area contributed by atoms with Crippen molar-refractivity contribution in [3.05, 3.63) is 23.8 Å². The van der Waals surface area contributed by atoms with E-state index in [4.69, 9.17) is 10.8 Å². The van der Waals surface area contributed by atoms with Gasteiger partial charge in [-0.25, -0.2) is 17.9 Å². The van der Waals surface area contributed by atoms with Crippen LogP contribution in [0.1, 0.15) is 23.7 Å². The van der Waals surface area contributed by atoms with E-state index in [2.05, 4.69) is 9.46 Å². The Morgan fingerprint density at radius 2 is 2.15 bits per heavy atom. The summed E-state index contributed by atoms with van der Waals surface area (Å²) >= 11 is 0. The van der Waals surface area contributed by atoms with Crippen LogP contribution in [0.15, 0.2) is 23.1 Å². The minimum atomic E-state index is -3.98. The summed E-state index contributed by atoms with van der Waals surface area (Å²) in [5, 5.41) is 9.07. The molecule has 0 radical (unpaired) electrons. The van der Waals surface area contributed by atoms with Crippen LogP contribution in [-0.2, 0) is 14.8 Å². The van der Waals surface area contributed by atoms with Gasteiger partial charge < -0.3 is 15.6 Å². The Labute approximate surface area is 117 Å². The fraction of sp³-hybridized carbons (Fsp3) is 0.417. The van der Waals surface area contributed by atoms with Gasteiger partial charge >= 0.3 is 5.97 Å². The first-order chi connectivity index (χ1) is 9.35. The minimum absolute atomic E-state index is 0.109. The Bertz CT molecular complexity index is 582. The van der Waals surface area contributed by atoms with Crippen molar-refractivity contribution in [3.8, 4) is 0 Å². The first-order valence-electron chi connectivity index (χ1n) is 5.96. The summed E-state index contributed by atoms with van der Waals surface area (Å²) in [5.41, 5.74) is 5.66.